The van der Waals surface area contributed by atoms with Crippen molar-refractivity contribution in [2.45, 2.75) is 6.54 Å². The molecule has 7 heteroatoms. The van der Waals surface area contributed by atoms with Crippen molar-refractivity contribution in [2.24, 2.45) is 0 Å². The van der Waals surface area contributed by atoms with Gasteiger partial charge < -0.3 is 4.74 Å². The lowest BCUT2D eigenvalue weighted by Crippen LogP contribution is -2.04. The number of nitrogens with zero attached hydrogens (tertiary/aromatic N) is 4. The van der Waals surface area contributed by atoms with Crippen molar-refractivity contribution < 1.29 is 9.53 Å². The first-order valence-electron chi connectivity index (χ1n) is 4.79. The van der Waals surface area contributed by atoms with Crippen LogP contribution in [0.1, 0.15) is 16.2 Å². The molecule has 1 heterocycles. The highest BCUT2D eigenvalue weighted by Gasteiger charge is 2.09. The van der Waals surface area contributed by atoms with E-state index in [1.807, 2.05) is 24.3 Å². The lowest BCUT2D eigenvalue weighted by molar-refractivity contribution is 0.107. The molecule has 0 aliphatic rings. The zero-order valence-electron chi connectivity index (χ0n) is 9.00. The van der Waals surface area contributed by atoms with Crippen LogP contribution in [0.15, 0.2) is 24.3 Å². The first kappa shape index (κ1) is 11.5. The molecule has 0 saturated carbocycles. The highest BCUT2D eigenvalue weighted by Crippen LogP contribution is 2.11. The summed E-state index contributed by atoms with van der Waals surface area (Å²) in [6.07, 6.45) is 0. The summed E-state index contributed by atoms with van der Waals surface area (Å²) in [6, 6.07) is 7.43. The van der Waals surface area contributed by atoms with Crippen LogP contribution in [-0.4, -0.2) is 32.6 Å². The van der Waals surface area contributed by atoms with Crippen molar-refractivity contribution in [2.75, 3.05) is 7.11 Å². The molecule has 0 fully saturated rings. The molecule has 0 atom stereocenters. The predicted octanol–water partition coefficient (Wildman–Crippen LogP) is 1.11. The summed E-state index contributed by atoms with van der Waals surface area (Å²) in [7, 11) is 1.60. The van der Waals surface area contributed by atoms with Crippen LogP contribution < -0.4 is 4.74 Å². The van der Waals surface area contributed by atoms with Crippen molar-refractivity contribution in [3.05, 3.63) is 35.7 Å². The Morgan fingerprint density at radius 2 is 2.12 bits per heavy atom. The van der Waals surface area contributed by atoms with Crippen molar-refractivity contribution in [1.82, 2.24) is 20.2 Å². The van der Waals surface area contributed by atoms with Gasteiger partial charge in [0.1, 0.15) is 5.75 Å². The van der Waals surface area contributed by atoms with E-state index in [4.69, 9.17) is 16.3 Å². The highest BCUT2D eigenvalue weighted by molar-refractivity contribution is 6.67. The Labute approximate surface area is 102 Å². The van der Waals surface area contributed by atoms with Gasteiger partial charge in [-0.2, -0.15) is 4.80 Å². The molecule has 2 aromatic rings. The largest absolute Gasteiger partial charge is 0.497 e. The smallest absolute Gasteiger partial charge is 0.293 e. The minimum absolute atomic E-state index is 0.0971. The molecule has 0 radical (unpaired) electrons. The average molecular weight is 253 g/mol. The summed E-state index contributed by atoms with van der Waals surface area (Å²) in [4.78, 5) is 12.1. The van der Waals surface area contributed by atoms with Gasteiger partial charge in [0.05, 0.1) is 13.7 Å². The lowest BCUT2D eigenvalue weighted by atomic mass is 10.2. The van der Waals surface area contributed by atoms with Crippen LogP contribution in [0.4, 0.5) is 0 Å². The van der Waals surface area contributed by atoms with Crippen LogP contribution in [0.25, 0.3) is 0 Å². The van der Waals surface area contributed by atoms with E-state index in [-0.39, 0.29) is 5.82 Å². The first-order chi connectivity index (χ1) is 8.19. The third-order valence-corrected chi connectivity index (χ3v) is 2.28. The van der Waals surface area contributed by atoms with Gasteiger partial charge in [0.25, 0.3) is 11.1 Å². The molecule has 88 valence electrons. The van der Waals surface area contributed by atoms with Gasteiger partial charge in [-0.1, -0.05) is 12.1 Å². The monoisotopic (exact) mass is 252 g/mol. The van der Waals surface area contributed by atoms with Gasteiger partial charge >= 0.3 is 0 Å². The van der Waals surface area contributed by atoms with Crippen molar-refractivity contribution in [3.8, 4) is 5.75 Å². The fourth-order valence-electron chi connectivity index (χ4n) is 1.28. The highest BCUT2D eigenvalue weighted by atomic mass is 35.5. The zero-order chi connectivity index (χ0) is 12.3. The van der Waals surface area contributed by atoms with Gasteiger partial charge in [-0.3, -0.25) is 4.79 Å². The van der Waals surface area contributed by atoms with E-state index in [1.165, 1.54) is 4.80 Å². The lowest BCUT2D eigenvalue weighted by Gasteiger charge is -2.01. The average Bonchev–Trinajstić information content (AvgIpc) is 2.79. The summed E-state index contributed by atoms with van der Waals surface area (Å²) in [5.74, 6) is 0.678. The van der Waals surface area contributed by atoms with E-state index >= 15 is 0 Å². The molecule has 0 amide bonds. The number of hydrogen-bond donors (Lipinski definition) is 0. The number of benzene rings is 1. The van der Waals surface area contributed by atoms with Crippen LogP contribution in [-0.2, 0) is 6.54 Å². The Kier molecular flexibility index (Phi) is 3.34. The van der Waals surface area contributed by atoms with E-state index in [0.717, 1.165) is 11.3 Å². The summed E-state index contributed by atoms with van der Waals surface area (Å²) < 4.78 is 5.04. The molecule has 0 aliphatic carbocycles. The van der Waals surface area contributed by atoms with Gasteiger partial charge in [-0.05, 0) is 34.5 Å². The maximum absolute atomic E-state index is 10.8. The Hall–Kier alpha value is -1.95. The van der Waals surface area contributed by atoms with Crippen LogP contribution in [0.2, 0.25) is 0 Å². The number of rotatable bonds is 4. The molecule has 0 unspecified atom stereocenters. The second-order valence-electron chi connectivity index (χ2n) is 3.27. The number of tetrazole rings is 1. The number of halogens is 1. The fourth-order valence-corrected chi connectivity index (χ4v) is 1.36. The number of hydrogen-bond acceptors (Lipinski definition) is 5. The summed E-state index contributed by atoms with van der Waals surface area (Å²) in [5, 5.41) is 10.3. The van der Waals surface area contributed by atoms with Gasteiger partial charge in [0.15, 0.2) is 0 Å². The van der Waals surface area contributed by atoms with E-state index in [2.05, 4.69) is 15.4 Å². The number of carbonyl (C=O) groups is 1. The molecule has 0 spiro atoms. The molecule has 0 N–H and O–H groups in total. The Bertz CT molecular complexity index is 523. The first-order valence-corrected chi connectivity index (χ1v) is 5.17. The number of aromatic nitrogens is 4. The third kappa shape index (κ3) is 2.79. The number of ether oxygens (including phenoxy) is 1. The summed E-state index contributed by atoms with van der Waals surface area (Å²) >= 11 is 5.23. The second-order valence-corrected chi connectivity index (χ2v) is 3.61. The van der Waals surface area contributed by atoms with E-state index in [9.17, 15) is 4.79 Å². The topological polar surface area (TPSA) is 69.9 Å². The quantitative estimate of drug-likeness (QED) is 0.763. The maximum Gasteiger partial charge on any atom is 0.293 e. The minimum atomic E-state index is -0.717. The fraction of sp³-hybridized carbons (Fsp3) is 0.200. The van der Waals surface area contributed by atoms with E-state index < -0.39 is 5.24 Å². The second kappa shape index (κ2) is 4.92. The zero-order valence-corrected chi connectivity index (χ0v) is 9.76. The van der Waals surface area contributed by atoms with E-state index in [0.29, 0.717) is 6.54 Å². The van der Waals surface area contributed by atoms with Crippen LogP contribution in [0.5, 0.6) is 5.75 Å². The molecule has 6 nitrogen and oxygen atoms in total. The van der Waals surface area contributed by atoms with Gasteiger partial charge in [-0.15, -0.1) is 10.2 Å². The minimum Gasteiger partial charge on any atom is -0.497 e. The molecule has 0 bridgehead atoms. The maximum atomic E-state index is 10.8. The van der Waals surface area contributed by atoms with E-state index in [1.54, 1.807) is 7.11 Å². The Morgan fingerprint density at radius 1 is 1.41 bits per heavy atom. The number of methoxy groups -OCH3 is 1. The van der Waals surface area contributed by atoms with Gasteiger partial charge in [0.2, 0.25) is 0 Å². The van der Waals surface area contributed by atoms with Crippen LogP contribution >= 0.6 is 11.6 Å². The van der Waals surface area contributed by atoms with Gasteiger partial charge in [-0.25, -0.2) is 0 Å². The van der Waals surface area contributed by atoms with Crippen LogP contribution in [0, 0.1) is 0 Å². The van der Waals surface area contributed by atoms with Crippen molar-refractivity contribution in [3.63, 3.8) is 0 Å². The molecule has 0 saturated heterocycles. The Morgan fingerprint density at radius 3 is 2.65 bits per heavy atom. The molecular weight excluding hydrogens is 244 g/mol. The molecule has 17 heavy (non-hydrogen) atoms. The molecule has 0 aliphatic heterocycles. The molecular formula is C10H9ClN4O2. The number of carbonyl (C=O) groups excluding carboxylic acids is 1. The normalized spacial score (nSPS) is 10.2. The third-order valence-electron chi connectivity index (χ3n) is 2.11. The van der Waals surface area contributed by atoms with Crippen LogP contribution in [0.3, 0.4) is 0 Å². The van der Waals surface area contributed by atoms with Crippen molar-refractivity contribution in [1.29, 1.82) is 0 Å². The molecule has 1 aromatic carbocycles. The Balaban J connectivity index is 2.11. The SMILES string of the molecule is COc1ccc(Cn2nnc(C(=O)Cl)n2)cc1. The predicted molar refractivity (Wildman–Crippen MR) is 60.1 cm³/mol. The molecule has 2 rings (SSSR count). The summed E-state index contributed by atoms with van der Waals surface area (Å²) in [5.41, 5.74) is 0.969. The van der Waals surface area contributed by atoms with Gasteiger partial charge in [0, 0.05) is 0 Å². The summed E-state index contributed by atoms with van der Waals surface area (Å²) in [6.45, 7) is 0.418. The van der Waals surface area contributed by atoms with Crippen molar-refractivity contribution >= 4 is 16.8 Å². The standard InChI is InChI=1S/C10H9ClN4O2/c1-17-8-4-2-7(3-5-8)6-15-13-10(9(11)16)12-14-15/h2-5H,6H2,1H3. The molecule has 1 aromatic heterocycles.